The van der Waals surface area contributed by atoms with E-state index in [0.717, 1.165) is 32.4 Å². The summed E-state index contributed by atoms with van der Waals surface area (Å²) in [4.78, 5) is 27.7. The van der Waals surface area contributed by atoms with Crippen molar-refractivity contribution in [3.8, 4) is 0 Å². The van der Waals surface area contributed by atoms with E-state index in [0.29, 0.717) is 19.5 Å². The zero-order chi connectivity index (χ0) is 14.8. The van der Waals surface area contributed by atoms with Gasteiger partial charge >= 0.3 is 12.0 Å². The normalized spacial score (nSPS) is 27.6. The molecule has 2 aliphatic rings. The summed E-state index contributed by atoms with van der Waals surface area (Å²) in [6.45, 7) is 6.65. The molecule has 2 saturated heterocycles. The second-order valence-corrected chi connectivity index (χ2v) is 5.88. The molecule has 6 heteroatoms. The number of carbonyl (C=O) groups is 2. The molecular formula is C14H25N3O3. The molecule has 0 bridgehead atoms. The number of piperidine rings is 1. The molecule has 2 amide bonds. The largest absolute Gasteiger partial charge is 0.480 e. The molecule has 6 nitrogen and oxygen atoms in total. The molecule has 2 fully saturated rings. The van der Waals surface area contributed by atoms with E-state index >= 15 is 0 Å². The van der Waals surface area contributed by atoms with E-state index in [2.05, 4.69) is 5.32 Å². The number of carbonyl (C=O) groups excluding carboxylic acids is 1. The molecule has 2 rings (SSSR count). The van der Waals surface area contributed by atoms with Crippen LogP contribution in [0.15, 0.2) is 0 Å². The van der Waals surface area contributed by atoms with Crippen molar-refractivity contribution in [2.24, 2.45) is 0 Å². The van der Waals surface area contributed by atoms with Crippen molar-refractivity contribution < 1.29 is 14.7 Å². The number of hydrogen-bond acceptors (Lipinski definition) is 3. The fourth-order valence-electron chi connectivity index (χ4n) is 3.32. The third-order valence-electron chi connectivity index (χ3n) is 4.67. The number of nitrogens with one attached hydrogen (secondary N) is 1. The van der Waals surface area contributed by atoms with Crippen molar-refractivity contribution in [3.63, 3.8) is 0 Å². The smallest absolute Gasteiger partial charge is 0.329 e. The minimum atomic E-state index is -1.04. The lowest BCUT2D eigenvalue weighted by Gasteiger charge is -2.40. The first-order chi connectivity index (χ1) is 9.50. The van der Waals surface area contributed by atoms with Crippen LogP contribution in [0.4, 0.5) is 4.79 Å². The number of carboxylic acids is 1. The van der Waals surface area contributed by atoms with E-state index < -0.39 is 11.5 Å². The van der Waals surface area contributed by atoms with Gasteiger partial charge in [0.05, 0.1) is 0 Å². The van der Waals surface area contributed by atoms with Gasteiger partial charge in [-0.15, -0.1) is 0 Å². The summed E-state index contributed by atoms with van der Waals surface area (Å²) in [5.74, 6) is -0.898. The fourth-order valence-corrected chi connectivity index (χ4v) is 3.32. The van der Waals surface area contributed by atoms with Crippen LogP contribution in [0.25, 0.3) is 0 Å². The molecule has 1 atom stereocenters. The van der Waals surface area contributed by atoms with Gasteiger partial charge in [0.25, 0.3) is 0 Å². The number of nitrogens with zero attached hydrogens (tertiary/aromatic N) is 2. The van der Waals surface area contributed by atoms with Crippen LogP contribution < -0.4 is 5.32 Å². The van der Waals surface area contributed by atoms with E-state index in [1.165, 1.54) is 0 Å². The lowest BCUT2D eigenvalue weighted by molar-refractivity contribution is -0.147. The van der Waals surface area contributed by atoms with Crippen LogP contribution in [0.2, 0.25) is 0 Å². The van der Waals surface area contributed by atoms with Crippen molar-refractivity contribution in [1.82, 2.24) is 15.1 Å². The maximum Gasteiger partial charge on any atom is 0.329 e. The van der Waals surface area contributed by atoms with E-state index in [9.17, 15) is 14.7 Å². The van der Waals surface area contributed by atoms with Crippen LogP contribution in [-0.2, 0) is 4.79 Å². The predicted octanol–water partition coefficient (Wildman–Crippen LogP) is 1.12. The molecule has 0 aliphatic carbocycles. The number of urea groups is 1. The summed E-state index contributed by atoms with van der Waals surface area (Å²) in [6, 6.07) is 0.120. The lowest BCUT2D eigenvalue weighted by atomic mass is 9.99. The highest BCUT2D eigenvalue weighted by molar-refractivity contribution is 5.86. The standard InChI is InChI=1S/C14H25N3O3/c1-3-16(11-5-8-15-9-6-11)13(20)17-10-4-7-14(17,2)12(18)19/h11,15H,3-10H2,1-2H3,(H,18,19). The molecule has 0 aromatic rings. The van der Waals surface area contributed by atoms with Gasteiger partial charge in [-0.2, -0.15) is 0 Å². The minimum Gasteiger partial charge on any atom is -0.480 e. The molecule has 114 valence electrons. The molecule has 1 unspecified atom stereocenters. The van der Waals surface area contributed by atoms with Crippen LogP contribution in [0.5, 0.6) is 0 Å². The number of hydrogen-bond donors (Lipinski definition) is 2. The van der Waals surface area contributed by atoms with Crippen LogP contribution in [0.3, 0.4) is 0 Å². The average molecular weight is 283 g/mol. The molecular weight excluding hydrogens is 258 g/mol. The second-order valence-electron chi connectivity index (χ2n) is 5.88. The molecule has 2 aliphatic heterocycles. The van der Waals surface area contributed by atoms with Gasteiger partial charge in [0.2, 0.25) is 0 Å². The number of carboxylic acid groups (broad SMARTS) is 1. The van der Waals surface area contributed by atoms with Crippen molar-refractivity contribution in [2.75, 3.05) is 26.2 Å². The molecule has 0 spiro atoms. The number of likely N-dealkylation sites (tertiary alicyclic amines) is 1. The van der Waals surface area contributed by atoms with Gasteiger partial charge in [-0.3, -0.25) is 0 Å². The monoisotopic (exact) mass is 283 g/mol. The van der Waals surface area contributed by atoms with Gasteiger partial charge in [-0.25, -0.2) is 9.59 Å². The van der Waals surface area contributed by atoms with Gasteiger partial charge in [-0.05, 0) is 52.6 Å². The number of aliphatic carboxylic acids is 1. The van der Waals surface area contributed by atoms with E-state index in [-0.39, 0.29) is 12.1 Å². The Hall–Kier alpha value is -1.30. The summed E-state index contributed by atoms with van der Waals surface area (Å²) in [5.41, 5.74) is -1.04. The molecule has 0 aromatic heterocycles. The Balaban J connectivity index is 2.13. The Morgan fingerprint density at radius 1 is 1.40 bits per heavy atom. The van der Waals surface area contributed by atoms with Gasteiger partial charge in [-0.1, -0.05) is 0 Å². The fraction of sp³-hybridized carbons (Fsp3) is 0.857. The molecule has 0 saturated carbocycles. The summed E-state index contributed by atoms with van der Waals surface area (Å²) >= 11 is 0. The Labute approximate surface area is 120 Å². The van der Waals surface area contributed by atoms with E-state index in [1.807, 2.05) is 11.8 Å². The van der Waals surface area contributed by atoms with Gasteiger partial charge < -0.3 is 20.2 Å². The first kappa shape index (κ1) is 15.1. The van der Waals surface area contributed by atoms with Gasteiger partial charge in [0, 0.05) is 19.1 Å². The van der Waals surface area contributed by atoms with Crippen LogP contribution in [-0.4, -0.2) is 64.7 Å². The maximum absolute atomic E-state index is 12.8. The number of amides is 2. The summed E-state index contributed by atoms with van der Waals surface area (Å²) < 4.78 is 0. The van der Waals surface area contributed by atoms with E-state index in [4.69, 9.17) is 0 Å². The first-order valence-electron chi connectivity index (χ1n) is 7.53. The SMILES string of the molecule is CCN(C(=O)N1CCCC1(C)C(=O)O)C1CCNCC1. The highest BCUT2D eigenvalue weighted by Gasteiger charge is 2.47. The average Bonchev–Trinajstić information content (AvgIpc) is 2.84. The zero-order valence-electron chi connectivity index (χ0n) is 12.4. The second kappa shape index (κ2) is 5.99. The van der Waals surface area contributed by atoms with E-state index in [1.54, 1.807) is 11.8 Å². The van der Waals surface area contributed by atoms with Crippen LogP contribution in [0.1, 0.15) is 39.5 Å². The molecule has 0 aromatic carbocycles. The molecule has 2 N–H and O–H groups in total. The van der Waals surface area contributed by atoms with Crippen molar-refractivity contribution >= 4 is 12.0 Å². The molecule has 2 heterocycles. The Bertz CT molecular complexity index is 382. The Morgan fingerprint density at radius 2 is 2.05 bits per heavy atom. The van der Waals surface area contributed by atoms with Crippen LogP contribution in [0, 0.1) is 0 Å². The zero-order valence-corrected chi connectivity index (χ0v) is 12.4. The van der Waals surface area contributed by atoms with Crippen molar-refractivity contribution in [2.45, 2.75) is 51.1 Å². The molecule has 20 heavy (non-hydrogen) atoms. The Kier molecular flexibility index (Phi) is 4.52. The van der Waals surface area contributed by atoms with Crippen molar-refractivity contribution in [3.05, 3.63) is 0 Å². The van der Waals surface area contributed by atoms with Crippen LogP contribution >= 0.6 is 0 Å². The maximum atomic E-state index is 12.8. The first-order valence-corrected chi connectivity index (χ1v) is 7.53. The minimum absolute atomic E-state index is 0.109. The van der Waals surface area contributed by atoms with Gasteiger partial charge in [0.1, 0.15) is 5.54 Å². The number of rotatable bonds is 3. The topological polar surface area (TPSA) is 72.9 Å². The third kappa shape index (κ3) is 2.61. The summed E-state index contributed by atoms with van der Waals surface area (Å²) in [6.07, 6.45) is 3.19. The predicted molar refractivity (Wildman–Crippen MR) is 75.6 cm³/mol. The third-order valence-corrected chi connectivity index (χ3v) is 4.67. The summed E-state index contributed by atoms with van der Waals surface area (Å²) in [7, 11) is 0. The summed E-state index contributed by atoms with van der Waals surface area (Å²) in [5, 5.41) is 12.7. The Morgan fingerprint density at radius 3 is 2.60 bits per heavy atom. The lowest BCUT2D eigenvalue weighted by Crippen LogP contribution is -2.58. The van der Waals surface area contributed by atoms with Crippen molar-refractivity contribution in [1.29, 1.82) is 0 Å². The highest BCUT2D eigenvalue weighted by atomic mass is 16.4. The molecule has 0 radical (unpaired) electrons. The quantitative estimate of drug-likeness (QED) is 0.814. The highest BCUT2D eigenvalue weighted by Crippen LogP contribution is 2.31. The van der Waals surface area contributed by atoms with Gasteiger partial charge in [0.15, 0.2) is 0 Å².